The van der Waals surface area contributed by atoms with Gasteiger partial charge in [-0.05, 0) is 55.8 Å². The highest BCUT2D eigenvalue weighted by Gasteiger charge is 2.29. The SMILES string of the molecule is COCCOCCOCC(=O)N1CCN(c2cc(Nc3cc(C)[nH]n3)nc(Sc3ccc(NC(=O)C4CC4)cc3)n2)CC1. The van der Waals surface area contributed by atoms with E-state index in [2.05, 4.69) is 25.7 Å². The van der Waals surface area contributed by atoms with Crippen LogP contribution in [0.15, 0.2) is 46.5 Å². The van der Waals surface area contributed by atoms with E-state index in [-0.39, 0.29) is 24.3 Å². The van der Waals surface area contributed by atoms with Crippen LogP contribution in [0.2, 0.25) is 0 Å². The molecule has 0 unspecified atom stereocenters. The molecule has 1 saturated heterocycles. The number of hydrogen-bond donors (Lipinski definition) is 3. The number of amides is 2. The maximum Gasteiger partial charge on any atom is 0.248 e. The van der Waals surface area contributed by atoms with Crippen molar-refractivity contribution in [2.45, 2.75) is 29.8 Å². The van der Waals surface area contributed by atoms with Gasteiger partial charge in [-0.1, -0.05) is 0 Å². The van der Waals surface area contributed by atoms with E-state index >= 15 is 0 Å². The fraction of sp³-hybridized carbons (Fsp3) is 0.483. The summed E-state index contributed by atoms with van der Waals surface area (Å²) in [6.07, 6.45) is 1.93. The fourth-order valence-corrected chi connectivity index (χ4v) is 5.16. The van der Waals surface area contributed by atoms with E-state index in [1.807, 2.05) is 48.2 Å². The topological polar surface area (TPSA) is 147 Å². The van der Waals surface area contributed by atoms with Crippen molar-refractivity contribution in [3.63, 3.8) is 0 Å². The zero-order valence-corrected chi connectivity index (χ0v) is 25.3. The van der Waals surface area contributed by atoms with E-state index in [9.17, 15) is 9.59 Å². The van der Waals surface area contributed by atoms with Crippen LogP contribution in [0.4, 0.5) is 23.1 Å². The first-order valence-corrected chi connectivity index (χ1v) is 15.2. The number of methoxy groups -OCH3 is 1. The molecule has 0 spiro atoms. The molecule has 3 aromatic rings. The standard InChI is InChI=1S/C29H38N8O5S/c1-20-17-25(35-34-20)31-24-18-26(36-9-11-37(12-10-36)27(38)19-42-16-15-41-14-13-40-2)33-29(32-24)43-23-7-5-22(6-8-23)30-28(39)21-3-4-21/h5-8,17-18,21H,3-4,9-16,19H2,1-2H3,(H,30,39)(H2,31,32,33,34,35). The van der Waals surface area contributed by atoms with Crippen LogP contribution in [0.25, 0.3) is 0 Å². The van der Waals surface area contributed by atoms with Crippen molar-refractivity contribution in [3.8, 4) is 0 Å². The number of aryl methyl sites for hydroxylation is 1. The summed E-state index contributed by atoms with van der Waals surface area (Å²) >= 11 is 1.44. The number of aromatic amines is 1. The Balaban J connectivity index is 1.19. The molecule has 3 heterocycles. The molecule has 1 aliphatic heterocycles. The largest absolute Gasteiger partial charge is 0.382 e. The molecule has 2 fully saturated rings. The van der Waals surface area contributed by atoms with Crippen molar-refractivity contribution in [2.24, 2.45) is 5.92 Å². The van der Waals surface area contributed by atoms with Crippen LogP contribution in [0.1, 0.15) is 18.5 Å². The number of carbonyl (C=O) groups excluding carboxylic acids is 2. The lowest BCUT2D eigenvalue weighted by atomic mass is 10.3. The van der Waals surface area contributed by atoms with Gasteiger partial charge in [-0.25, -0.2) is 9.97 Å². The lowest BCUT2D eigenvalue weighted by Crippen LogP contribution is -2.50. The number of nitrogens with one attached hydrogen (secondary N) is 3. The second-order valence-corrected chi connectivity index (χ2v) is 11.4. The molecule has 14 heteroatoms. The Hall–Kier alpha value is -3.72. The van der Waals surface area contributed by atoms with Gasteiger partial charge in [0.05, 0.1) is 26.4 Å². The maximum atomic E-state index is 12.7. The molecular weight excluding hydrogens is 572 g/mol. The lowest BCUT2D eigenvalue weighted by molar-refractivity contribution is -0.137. The number of rotatable bonds is 15. The molecule has 0 radical (unpaired) electrons. The van der Waals surface area contributed by atoms with E-state index in [1.54, 1.807) is 7.11 Å². The molecule has 0 bridgehead atoms. The molecule has 2 aliphatic rings. The van der Waals surface area contributed by atoms with E-state index in [0.717, 1.165) is 34.9 Å². The highest BCUT2D eigenvalue weighted by molar-refractivity contribution is 7.99. The van der Waals surface area contributed by atoms with Crippen LogP contribution in [0.5, 0.6) is 0 Å². The zero-order chi connectivity index (χ0) is 30.0. The average Bonchev–Trinajstić information content (AvgIpc) is 3.79. The average molecular weight is 611 g/mol. The number of aromatic nitrogens is 4. The van der Waals surface area contributed by atoms with Gasteiger partial charge in [0.15, 0.2) is 11.0 Å². The van der Waals surface area contributed by atoms with Crippen LogP contribution in [0, 0.1) is 12.8 Å². The third-order valence-electron chi connectivity index (χ3n) is 6.92. The van der Waals surface area contributed by atoms with Crippen molar-refractivity contribution < 1.29 is 23.8 Å². The van der Waals surface area contributed by atoms with Gasteiger partial charge in [-0.3, -0.25) is 14.7 Å². The Kier molecular flexibility index (Phi) is 10.8. The fourth-order valence-electron chi connectivity index (χ4n) is 4.40. The van der Waals surface area contributed by atoms with Crippen LogP contribution in [-0.2, 0) is 23.8 Å². The van der Waals surface area contributed by atoms with Gasteiger partial charge in [0.1, 0.15) is 18.2 Å². The first-order valence-electron chi connectivity index (χ1n) is 14.4. The molecule has 1 saturated carbocycles. The summed E-state index contributed by atoms with van der Waals surface area (Å²) in [5.74, 6) is 2.23. The van der Waals surface area contributed by atoms with Crippen molar-refractivity contribution in [1.82, 2.24) is 25.1 Å². The molecule has 0 atom stereocenters. The van der Waals surface area contributed by atoms with Gasteiger partial charge in [0.2, 0.25) is 11.8 Å². The molecule has 230 valence electrons. The van der Waals surface area contributed by atoms with Crippen molar-refractivity contribution in [2.75, 3.05) is 81.9 Å². The molecule has 2 aromatic heterocycles. The summed E-state index contributed by atoms with van der Waals surface area (Å²) < 4.78 is 15.8. The first-order chi connectivity index (χ1) is 21.0. The summed E-state index contributed by atoms with van der Waals surface area (Å²) in [7, 11) is 1.62. The van der Waals surface area contributed by atoms with Gasteiger partial charge in [0, 0.05) is 67.6 Å². The van der Waals surface area contributed by atoms with Crippen LogP contribution in [0.3, 0.4) is 0 Å². The summed E-state index contributed by atoms with van der Waals surface area (Å²) in [5.41, 5.74) is 1.71. The number of H-pyrrole nitrogens is 1. The molecule has 3 N–H and O–H groups in total. The Morgan fingerprint density at radius 1 is 0.977 bits per heavy atom. The van der Waals surface area contributed by atoms with Crippen LogP contribution >= 0.6 is 11.8 Å². The minimum atomic E-state index is -0.0384. The normalized spacial score (nSPS) is 15.0. The zero-order valence-electron chi connectivity index (χ0n) is 24.5. The Morgan fingerprint density at radius 3 is 2.42 bits per heavy atom. The minimum absolute atomic E-state index is 0.0299. The highest BCUT2D eigenvalue weighted by Crippen LogP contribution is 2.32. The van der Waals surface area contributed by atoms with Crippen molar-refractivity contribution >= 4 is 46.7 Å². The third kappa shape index (κ3) is 9.38. The second-order valence-electron chi connectivity index (χ2n) is 10.4. The van der Waals surface area contributed by atoms with Gasteiger partial charge in [0.25, 0.3) is 0 Å². The van der Waals surface area contributed by atoms with Crippen LogP contribution < -0.4 is 15.5 Å². The van der Waals surface area contributed by atoms with E-state index in [1.165, 1.54) is 11.8 Å². The molecular formula is C29H38N8O5S. The number of benzene rings is 1. The van der Waals surface area contributed by atoms with Crippen molar-refractivity contribution in [1.29, 1.82) is 0 Å². The number of anilines is 4. The van der Waals surface area contributed by atoms with E-state index in [4.69, 9.17) is 24.2 Å². The number of carbonyl (C=O) groups is 2. The predicted molar refractivity (Wildman–Crippen MR) is 163 cm³/mol. The molecule has 43 heavy (non-hydrogen) atoms. The highest BCUT2D eigenvalue weighted by atomic mass is 32.2. The maximum absolute atomic E-state index is 12.7. The first kappa shape index (κ1) is 30.7. The predicted octanol–water partition coefficient (Wildman–Crippen LogP) is 3.08. The summed E-state index contributed by atoms with van der Waals surface area (Å²) in [5, 5.41) is 14.0. The summed E-state index contributed by atoms with van der Waals surface area (Å²) in [6.45, 7) is 6.17. The van der Waals surface area contributed by atoms with Gasteiger partial charge < -0.3 is 34.6 Å². The third-order valence-corrected chi connectivity index (χ3v) is 7.79. The molecule has 2 amide bonds. The molecule has 1 aromatic carbocycles. The Morgan fingerprint density at radius 2 is 1.72 bits per heavy atom. The smallest absolute Gasteiger partial charge is 0.248 e. The lowest BCUT2D eigenvalue weighted by Gasteiger charge is -2.35. The number of piperazine rings is 1. The summed E-state index contributed by atoms with van der Waals surface area (Å²) in [4.78, 5) is 39.2. The van der Waals surface area contributed by atoms with Gasteiger partial charge in [-0.2, -0.15) is 5.10 Å². The second kappa shape index (κ2) is 15.1. The summed E-state index contributed by atoms with van der Waals surface area (Å²) in [6, 6.07) is 11.5. The molecule has 5 rings (SSSR count). The number of nitrogens with zero attached hydrogens (tertiary/aromatic N) is 5. The molecule has 13 nitrogen and oxygen atoms in total. The molecule has 1 aliphatic carbocycles. The number of ether oxygens (including phenoxy) is 3. The van der Waals surface area contributed by atoms with Crippen LogP contribution in [-0.4, -0.2) is 103 Å². The Bertz CT molecular complexity index is 1360. The van der Waals surface area contributed by atoms with Crippen molar-refractivity contribution in [3.05, 3.63) is 42.1 Å². The van der Waals surface area contributed by atoms with Gasteiger partial charge in [-0.15, -0.1) is 0 Å². The monoisotopic (exact) mass is 610 g/mol. The number of hydrogen-bond acceptors (Lipinski definition) is 11. The minimum Gasteiger partial charge on any atom is -0.382 e. The quantitative estimate of drug-likeness (QED) is 0.172. The van der Waals surface area contributed by atoms with E-state index in [0.29, 0.717) is 69.4 Å². The van der Waals surface area contributed by atoms with E-state index < -0.39 is 0 Å². The Labute approximate surface area is 255 Å². The van der Waals surface area contributed by atoms with Gasteiger partial charge >= 0.3 is 0 Å².